The molecular formula is C13H21ClN2OS. The molecule has 0 aliphatic carbocycles. The van der Waals surface area contributed by atoms with Gasteiger partial charge in [-0.15, -0.1) is 11.3 Å². The minimum absolute atomic E-state index is 0.319. The van der Waals surface area contributed by atoms with Gasteiger partial charge in [0, 0.05) is 44.2 Å². The fraction of sp³-hybridized carbons (Fsp3) is 0.692. The number of nitrogens with zero attached hydrogens (tertiary/aromatic N) is 2. The van der Waals surface area contributed by atoms with Crippen LogP contribution in [0, 0.1) is 0 Å². The number of unbranched alkanes of at least 4 members (excludes halogenated alkanes) is 1. The minimum Gasteiger partial charge on any atom is -0.396 e. The molecule has 1 aromatic rings. The maximum absolute atomic E-state index is 8.77. The summed E-state index contributed by atoms with van der Waals surface area (Å²) in [6.07, 6.45) is 2.03. The lowest BCUT2D eigenvalue weighted by Crippen LogP contribution is -2.46. The summed E-state index contributed by atoms with van der Waals surface area (Å²) in [6, 6.07) is 4.10. The van der Waals surface area contributed by atoms with E-state index in [-0.39, 0.29) is 0 Å². The standard InChI is InChI=1S/C13H21ClN2OS/c14-13-4-3-12(18-13)11-16-8-6-15(7-9-16)5-1-2-10-17/h3-4,17H,1-2,5-11H2. The predicted octanol–water partition coefficient (Wildman–Crippen LogP) is 2.29. The number of hydrogen-bond donors (Lipinski definition) is 1. The molecule has 0 spiro atoms. The molecule has 0 unspecified atom stereocenters. The molecule has 102 valence electrons. The third-order valence-corrected chi connectivity index (χ3v) is 4.57. The summed E-state index contributed by atoms with van der Waals surface area (Å²) < 4.78 is 0.882. The van der Waals surface area contributed by atoms with Crippen LogP contribution < -0.4 is 0 Å². The molecule has 0 bridgehead atoms. The van der Waals surface area contributed by atoms with Crippen molar-refractivity contribution >= 4 is 22.9 Å². The van der Waals surface area contributed by atoms with E-state index in [9.17, 15) is 0 Å². The Morgan fingerprint density at radius 3 is 2.44 bits per heavy atom. The summed E-state index contributed by atoms with van der Waals surface area (Å²) >= 11 is 7.62. The summed E-state index contributed by atoms with van der Waals surface area (Å²) in [7, 11) is 0. The Balaban J connectivity index is 1.67. The molecule has 0 saturated carbocycles. The molecule has 0 amide bonds. The number of halogens is 1. The first-order valence-corrected chi connectivity index (χ1v) is 7.77. The van der Waals surface area contributed by atoms with Gasteiger partial charge in [0.05, 0.1) is 4.34 Å². The highest BCUT2D eigenvalue weighted by atomic mass is 35.5. The lowest BCUT2D eigenvalue weighted by atomic mass is 10.2. The van der Waals surface area contributed by atoms with Gasteiger partial charge in [-0.2, -0.15) is 0 Å². The van der Waals surface area contributed by atoms with Crippen molar-refractivity contribution in [2.24, 2.45) is 0 Å². The molecule has 0 aromatic carbocycles. The van der Waals surface area contributed by atoms with Crippen LogP contribution in [0.5, 0.6) is 0 Å². The largest absolute Gasteiger partial charge is 0.396 e. The van der Waals surface area contributed by atoms with Crippen molar-refractivity contribution < 1.29 is 5.11 Å². The maximum Gasteiger partial charge on any atom is 0.0931 e. The Morgan fingerprint density at radius 1 is 1.11 bits per heavy atom. The van der Waals surface area contributed by atoms with Crippen LogP contribution in [-0.2, 0) is 6.54 Å². The van der Waals surface area contributed by atoms with E-state index in [1.165, 1.54) is 4.88 Å². The first-order chi connectivity index (χ1) is 8.78. The van der Waals surface area contributed by atoms with Crippen molar-refractivity contribution in [1.82, 2.24) is 9.80 Å². The Hall–Kier alpha value is -0.130. The average Bonchev–Trinajstić information content (AvgIpc) is 2.77. The van der Waals surface area contributed by atoms with E-state index in [4.69, 9.17) is 16.7 Å². The lowest BCUT2D eigenvalue weighted by molar-refractivity contribution is 0.124. The summed E-state index contributed by atoms with van der Waals surface area (Å²) in [5, 5.41) is 8.77. The van der Waals surface area contributed by atoms with Gasteiger partial charge in [0.25, 0.3) is 0 Å². The summed E-state index contributed by atoms with van der Waals surface area (Å²) in [6.45, 7) is 7.03. The first kappa shape index (κ1) is 14.3. The van der Waals surface area contributed by atoms with Crippen molar-refractivity contribution in [3.63, 3.8) is 0 Å². The van der Waals surface area contributed by atoms with Crippen LogP contribution in [0.2, 0.25) is 4.34 Å². The smallest absolute Gasteiger partial charge is 0.0931 e. The van der Waals surface area contributed by atoms with Crippen LogP contribution in [0.4, 0.5) is 0 Å². The maximum atomic E-state index is 8.77. The molecular weight excluding hydrogens is 268 g/mol. The van der Waals surface area contributed by atoms with Gasteiger partial charge < -0.3 is 10.0 Å². The second-order valence-electron chi connectivity index (χ2n) is 4.75. The van der Waals surface area contributed by atoms with Gasteiger partial charge in [0.1, 0.15) is 0 Å². The SMILES string of the molecule is OCCCCN1CCN(Cc2ccc(Cl)s2)CC1. The van der Waals surface area contributed by atoms with Gasteiger partial charge in [-0.1, -0.05) is 11.6 Å². The van der Waals surface area contributed by atoms with Gasteiger partial charge in [-0.3, -0.25) is 4.90 Å². The highest BCUT2D eigenvalue weighted by molar-refractivity contribution is 7.16. The van der Waals surface area contributed by atoms with Crippen molar-refractivity contribution in [3.05, 3.63) is 21.3 Å². The van der Waals surface area contributed by atoms with Crippen LogP contribution in [0.3, 0.4) is 0 Å². The van der Waals surface area contributed by atoms with Crippen molar-refractivity contribution in [2.75, 3.05) is 39.3 Å². The Labute approximate surface area is 118 Å². The van der Waals surface area contributed by atoms with Crippen LogP contribution in [0.1, 0.15) is 17.7 Å². The molecule has 5 heteroatoms. The number of hydrogen-bond acceptors (Lipinski definition) is 4. The predicted molar refractivity (Wildman–Crippen MR) is 77.4 cm³/mol. The number of thiophene rings is 1. The van der Waals surface area contributed by atoms with Gasteiger partial charge in [-0.25, -0.2) is 0 Å². The lowest BCUT2D eigenvalue weighted by Gasteiger charge is -2.34. The average molecular weight is 289 g/mol. The summed E-state index contributed by atoms with van der Waals surface area (Å²) in [4.78, 5) is 6.34. The van der Waals surface area contributed by atoms with Crippen LogP contribution >= 0.6 is 22.9 Å². The fourth-order valence-corrected chi connectivity index (χ4v) is 3.41. The van der Waals surface area contributed by atoms with Crippen LogP contribution in [-0.4, -0.2) is 54.2 Å². The molecule has 3 nitrogen and oxygen atoms in total. The van der Waals surface area contributed by atoms with Crippen molar-refractivity contribution in [2.45, 2.75) is 19.4 Å². The normalized spacial score (nSPS) is 18.3. The molecule has 2 rings (SSSR count). The minimum atomic E-state index is 0.319. The summed E-state index contributed by atoms with van der Waals surface area (Å²) in [5.74, 6) is 0. The molecule has 1 fully saturated rings. The van der Waals surface area contributed by atoms with Gasteiger partial charge in [-0.05, 0) is 31.5 Å². The van der Waals surface area contributed by atoms with E-state index >= 15 is 0 Å². The highest BCUT2D eigenvalue weighted by Crippen LogP contribution is 2.23. The molecule has 0 radical (unpaired) electrons. The van der Waals surface area contributed by atoms with E-state index in [0.717, 1.165) is 56.4 Å². The number of piperazine rings is 1. The zero-order valence-electron chi connectivity index (χ0n) is 10.6. The van der Waals surface area contributed by atoms with E-state index < -0.39 is 0 Å². The third-order valence-electron chi connectivity index (χ3n) is 3.36. The molecule has 1 saturated heterocycles. The zero-order valence-corrected chi connectivity index (χ0v) is 12.2. The number of rotatable bonds is 6. The van der Waals surface area contributed by atoms with Crippen molar-refractivity contribution in [3.8, 4) is 0 Å². The van der Waals surface area contributed by atoms with Gasteiger partial charge in [0.2, 0.25) is 0 Å². The molecule has 2 heterocycles. The topological polar surface area (TPSA) is 26.7 Å². The molecule has 1 aliphatic rings. The molecule has 0 atom stereocenters. The van der Waals surface area contributed by atoms with Gasteiger partial charge >= 0.3 is 0 Å². The summed E-state index contributed by atoms with van der Waals surface area (Å²) in [5.41, 5.74) is 0. The Kier molecular flexibility index (Phi) is 5.92. The fourth-order valence-electron chi connectivity index (χ4n) is 2.28. The van der Waals surface area contributed by atoms with E-state index in [0.29, 0.717) is 6.61 Å². The zero-order chi connectivity index (χ0) is 12.8. The van der Waals surface area contributed by atoms with E-state index in [2.05, 4.69) is 15.9 Å². The van der Waals surface area contributed by atoms with Crippen molar-refractivity contribution in [1.29, 1.82) is 0 Å². The number of aliphatic hydroxyl groups excluding tert-OH is 1. The molecule has 1 aromatic heterocycles. The second-order valence-corrected chi connectivity index (χ2v) is 6.55. The Bertz CT molecular complexity index is 351. The third kappa shape index (κ3) is 4.52. The highest BCUT2D eigenvalue weighted by Gasteiger charge is 2.16. The second kappa shape index (κ2) is 7.46. The van der Waals surface area contributed by atoms with Gasteiger partial charge in [0.15, 0.2) is 0 Å². The Morgan fingerprint density at radius 2 is 1.83 bits per heavy atom. The van der Waals surface area contributed by atoms with E-state index in [1.807, 2.05) is 6.07 Å². The van der Waals surface area contributed by atoms with Crippen LogP contribution in [0.15, 0.2) is 12.1 Å². The first-order valence-electron chi connectivity index (χ1n) is 6.58. The van der Waals surface area contributed by atoms with Crippen LogP contribution in [0.25, 0.3) is 0 Å². The van der Waals surface area contributed by atoms with E-state index in [1.54, 1.807) is 11.3 Å². The monoisotopic (exact) mass is 288 g/mol. The molecule has 1 aliphatic heterocycles. The molecule has 1 N–H and O–H groups in total. The number of aliphatic hydroxyl groups is 1. The quantitative estimate of drug-likeness (QED) is 0.814. The molecule has 18 heavy (non-hydrogen) atoms.